The lowest BCUT2D eigenvalue weighted by Crippen LogP contribution is -2.42. The number of aromatic hydroxyl groups is 1. The largest absolute Gasteiger partial charge is 0.506 e. The Morgan fingerprint density at radius 2 is 1.94 bits per heavy atom. The van der Waals surface area contributed by atoms with Crippen LogP contribution in [0, 0.1) is 0 Å². The average molecular weight is 456 g/mol. The number of amides is 1. The average Bonchev–Trinajstić information content (AvgIpc) is 3.24. The number of nitrogens with one attached hydrogen (secondary N) is 1. The van der Waals surface area contributed by atoms with Crippen LogP contribution in [-0.4, -0.2) is 52.6 Å². The fourth-order valence-corrected chi connectivity index (χ4v) is 7.02. The van der Waals surface area contributed by atoms with E-state index in [4.69, 9.17) is 4.43 Å². The third-order valence-corrected chi connectivity index (χ3v) is 11.1. The Balaban J connectivity index is 1.81. The molecular formula is C24H33N3O4Si. The Kier molecular flexibility index (Phi) is 7.93. The van der Waals surface area contributed by atoms with E-state index in [0.717, 1.165) is 34.6 Å². The summed E-state index contributed by atoms with van der Waals surface area (Å²) in [5, 5.41) is 20.9. The molecule has 8 heteroatoms. The van der Waals surface area contributed by atoms with Gasteiger partial charge in [0.2, 0.25) is 0 Å². The van der Waals surface area contributed by atoms with Gasteiger partial charge in [0.05, 0.1) is 18.2 Å². The van der Waals surface area contributed by atoms with E-state index >= 15 is 0 Å². The molecule has 3 aromatic rings. The molecule has 1 atom stereocenters. The molecule has 0 unspecified atom stereocenters. The van der Waals surface area contributed by atoms with E-state index in [-0.39, 0.29) is 18.4 Å². The summed E-state index contributed by atoms with van der Waals surface area (Å²) in [5.41, 5.74) is 2.55. The van der Waals surface area contributed by atoms with E-state index in [1.807, 2.05) is 24.4 Å². The summed E-state index contributed by atoms with van der Waals surface area (Å²) in [6.45, 7) is 7.09. The Bertz CT molecular complexity index is 1010. The van der Waals surface area contributed by atoms with Crippen molar-refractivity contribution >= 4 is 25.3 Å². The molecule has 1 amide bonds. The lowest BCUT2D eigenvalue weighted by molar-refractivity contribution is 0.103. The van der Waals surface area contributed by atoms with Crippen LogP contribution in [-0.2, 0) is 10.8 Å². The second-order valence-electron chi connectivity index (χ2n) is 8.13. The first-order valence-electron chi connectivity index (χ1n) is 11.3. The van der Waals surface area contributed by atoms with Gasteiger partial charge < -0.3 is 24.5 Å². The second-order valence-corrected chi connectivity index (χ2v) is 12.9. The van der Waals surface area contributed by atoms with Crippen LogP contribution in [0.2, 0.25) is 18.1 Å². The van der Waals surface area contributed by atoms with Crippen molar-refractivity contribution in [3.8, 4) is 5.75 Å². The summed E-state index contributed by atoms with van der Waals surface area (Å²) in [4.78, 5) is 20.9. The van der Waals surface area contributed by atoms with Crippen molar-refractivity contribution in [3.05, 3.63) is 60.0 Å². The van der Waals surface area contributed by atoms with Crippen LogP contribution in [0.3, 0.4) is 0 Å². The summed E-state index contributed by atoms with van der Waals surface area (Å²) in [5.74, 6) is 0.189. The first kappa shape index (κ1) is 23.8. The summed E-state index contributed by atoms with van der Waals surface area (Å²) in [6.07, 6.45) is 4.54. The number of aromatic nitrogens is 2. The van der Waals surface area contributed by atoms with Gasteiger partial charge in [0.15, 0.2) is 8.32 Å². The third kappa shape index (κ3) is 5.31. The number of phenolic OH excluding ortho intramolecular Hbond substituents is 1. The lowest BCUT2D eigenvalue weighted by Gasteiger charge is -2.35. The van der Waals surface area contributed by atoms with Gasteiger partial charge in [-0.3, -0.25) is 4.98 Å². The van der Waals surface area contributed by atoms with Gasteiger partial charge in [-0.25, -0.2) is 4.79 Å². The number of para-hydroxylation sites is 1. The van der Waals surface area contributed by atoms with Gasteiger partial charge in [-0.1, -0.05) is 39.0 Å². The molecule has 0 saturated heterocycles. The molecule has 1 aromatic carbocycles. The van der Waals surface area contributed by atoms with Crippen LogP contribution in [0.1, 0.15) is 38.0 Å². The first-order chi connectivity index (χ1) is 15.4. The summed E-state index contributed by atoms with van der Waals surface area (Å²) < 4.78 is 6.73. The fraction of sp³-hybridized carbons (Fsp3) is 0.417. The smallest absolute Gasteiger partial charge is 0.407 e. The zero-order chi connectivity index (χ0) is 23.1. The molecule has 0 aliphatic carbocycles. The maximum Gasteiger partial charge on any atom is 0.407 e. The predicted octanol–water partition coefficient (Wildman–Crippen LogP) is 5.55. The number of hydrogen-bond donors (Lipinski definition) is 3. The number of aromatic amines is 1. The van der Waals surface area contributed by atoms with Crippen molar-refractivity contribution in [3.63, 3.8) is 0 Å². The SMILES string of the molecule is CC[Si](CC)(CC)O[C@H](CN(CCc1c[nH]c2c(O)cccc12)C(=O)O)c1cccnc1. The molecule has 0 aliphatic heterocycles. The highest BCUT2D eigenvalue weighted by Gasteiger charge is 2.34. The van der Waals surface area contributed by atoms with E-state index in [1.165, 1.54) is 4.90 Å². The number of phenols is 1. The molecule has 3 rings (SSSR count). The number of rotatable bonds is 11. The highest BCUT2D eigenvalue weighted by atomic mass is 28.4. The molecular weight excluding hydrogens is 422 g/mol. The van der Waals surface area contributed by atoms with Crippen LogP contribution < -0.4 is 0 Å². The van der Waals surface area contributed by atoms with Gasteiger partial charge in [0.1, 0.15) is 5.75 Å². The molecule has 7 nitrogen and oxygen atoms in total. The number of benzene rings is 1. The van der Waals surface area contributed by atoms with Gasteiger partial charge in [-0.05, 0) is 47.8 Å². The molecule has 0 fully saturated rings. The quantitative estimate of drug-likeness (QED) is 0.329. The van der Waals surface area contributed by atoms with Crippen LogP contribution in [0.25, 0.3) is 10.9 Å². The van der Waals surface area contributed by atoms with Gasteiger partial charge in [-0.2, -0.15) is 0 Å². The zero-order valence-electron chi connectivity index (χ0n) is 19.0. The molecule has 0 spiro atoms. The number of fused-ring (bicyclic) bond motifs is 1. The Labute approximate surface area is 190 Å². The summed E-state index contributed by atoms with van der Waals surface area (Å²) in [7, 11) is -1.96. The molecule has 0 radical (unpaired) electrons. The van der Waals surface area contributed by atoms with Gasteiger partial charge in [0, 0.05) is 30.5 Å². The molecule has 0 bridgehead atoms. The predicted molar refractivity (Wildman–Crippen MR) is 129 cm³/mol. The number of nitrogens with zero attached hydrogens (tertiary/aromatic N) is 2. The van der Waals surface area contributed by atoms with E-state index in [2.05, 4.69) is 30.7 Å². The number of pyridine rings is 1. The van der Waals surface area contributed by atoms with Crippen LogP contribution in [0.15, 0.2) is 48.9 Å². The maximum atomic E-state index is 12.1. The highest BCUT2D eigenvalue weighted by molar-refractivity contribution is 6.73. The first-order valence-corrected chi connectivity index (χ1v) is 13.8. The van der Waals surface area contributed by atoms with Crippen LogP contribution in [0.4, 0.5) is 4.79 Å². The topological polar surface area (TPSA) is 98.7 Å². The van der Waals surface area contributed by atoms with Crippen molar-refractivity contribution in [1.29, 1.82) is 0 Å². The van der Waals surface area contributed by atoms with Crippen molar-refractivity contribution in [2.45, 2.75) is 51.4 Å². The minimum atomic E-state index is -1.96. The van der Waals surface area contributed by atoms with E-state index in [1.54, 1.807) is 24.5 Å². The van der Waals surface area contributed by atoms with E-state index in [9.17, 15) is 15.0 Å². The summed E-state index contributed by atoms with van der Waals surface area (Å²) in [6, 6.07) is 12.1. The monoisotopic (exact) mass is 455 g/mol. The summed E-state index contributed by atoms with van der Waals surface area (Å²) >= 11 is 0. The maximum absolute atomic E-state index is 12.1. The highest BCUT2D eigenvalue weighted by Crippen LogP contribution is 2.31. The number of carbonyl (C=O) groups is 1. The number of carboxylic acid groups (broad SMARTS) is 1. The van der Waals surface area contributed by atoms with Crippen LogP contribution >= 0.6 is 0 Å². The normalized spacial score (nSPS) is 12.7. The van der Waals surface area contributed by atoms with Crippen molar-refractivity contribution in [2.24, 2.45) is 0 Å². The van der Waals surface area contributed by atoms with Gasteiger partial charge in [-0.15, -0.1) is 0 Å². The lowest BCUT2D eigenvalue weighted by atomic mass is 10.1. The molecule has 0 aliphatic rings. The Morgan fingerprint density at radius 1 is 1.19 bits per heavy atom. The third-order valence-electron chi connectivity index (χ3n) is 6.47. The van der Waals surface area contributed by atoms with Crippen molar-refractivity contribution in [1.82, 2.24) is 14.9 Å². The second kappa shape index (κ2) is 10.6. The standard InChI is InChI=1S/C24H33N3O4Si/c1-4-32(5-2,6-3)31-22(19-9-8-13-25-15-19)17-27(24(29)30)14-12-18-16-26-23-20(18)10-7-11-21(23)28/h7-11,13,15-16,22,26,28H,4-6,12,14,17H2,1-3H3,(H,29,30)/t22-/m1/s1. The van der Waals surface area contributed by atoms with E-state index < -0.39 is 14.4 Å². The van der Waals surface area contributed by atoms with Crippen molar-refractivity contribution in [2.75, 3.05) is 13.1 Å². The molecule has 2 heterocycles. The Morgan fingerprint density at radius 3 is 2.56 bits per heavy atom. The Hall–Kier alpha value is -2.84. The minimum Gasteiger partial charge on any atom is -0.506 e. The number of H-pyrrole nitrogens is 1. The minimum absolute atomic E-state index is 0.189. The van der Waals surface area contributed by atoms with Gasteiger partial charge in [0.25, 0.3) is 0 Å². The molecule has 0 saturated carbocycles. The number of hydrogen-bond acceptors (Lipinski definition) is 4. The molecule has 3 N–H and O–H groups in total. The molecule has 2 aromatic heterocycles. The van der Waals surface area contributed by atoms with Gasteiger partial charge >= 0.3 is 6.09 Å². The molecule has 32 heavy (non-hydrogen) atoms. The van der Waals surface area contributed by atoms with Crippen LogP contribution in [0.5, 0.6) is 5.75 Å². The van der Waals surface area contributed by atoms with Crippen molar-refractivity contribution < 1.29 is 19.4 Å². The fourth-order valence-electron chi connectivity index (χ4n) is 4.20. The zero-order valence-corrected chi connectivity index (χ0v) is 20.0. The molecule has 172 valence electrons. The van der Waals surface area contributed by atoms with E-state index in [0.29, 0.717) is 18.5 Å².